The fourth-order valence-electron chi connectivity index (χ4n) is 5.20. The monoisotopic (exact) mass is 583 g/mol. The first kappa shape index (κ1) is 26.4. The molecule has 0 radical (unpaired) electrons. The number of piperazine rings is 1. The molecular weight excluding hydrogens is 564 g/mol. The van der Waals surface area contributed by atoms with Crippen LogP contribution in [0.4, 0.5) is 20.2 Å². The van der Waals surface area contributed by atoms with E-state index in [2.05, 4.69) is 5.16 Å². The number of rotatable bonds is 5. The van der Waals surface area contributed by atoms with Gasteiger partial charge in [0.15, 0.2) is 0 Å². The van der Waals surface area contributed by atoms with Crippen molar-refractivity contribution in [3.05, 3.63) is 79.2 Å². The van der Waals surface area contributed by atoms with E-state index in [4.69, 9.17) is 4.52 Å². The molecule has 2 aromatic heterocycles. The van der Waals surface area contributed by atoms with Crippen molar-refractivity contribution in [3.8, 4) is 11.3 Å². The van der Waals surface area contributed by atoms with E-state index in [0.29, 0.717) is 11.4 Å². The largest absolute Gasteiger partial charge is 0.477 e. The molecule has 1 amide bonds. The van der Waals surface area contributed by atoms with Crippen molar-refractivity contribution in [1.82, 2.24) is 14.6 Å². The number of thioether (sulfide) groups is 1. The quantitative estimate of drug-likeness (QED) is 0.271. The highest BCUT2D eigenvalue weighted by Crippen LogP contribution is 2.40. The summed E-state index contributed by atoms with van der Waals surface area (Å²) in [6.07, 6.45) is 0. The Hall–Kier alpha value is -4.79. The van der Waals surface area contributed by atoms with Crippen LogP contribution in [0.15, 0.2) is 44.7 Å². The normalized spacial score (nSPS) is 14.6. The van der Waals surface area contributed by atoms with Crippen LogP contribution in [0.5, 0.6) is 0 Å². The summed E-state index contributed by atoms with van der Waals surface area (Å²) in [5, 5.41) is 25.5. The number of aryl methyl sites for hydroxylation is 1. The second kappa shape index (κ2) is 9.69. The number of aromatic carboxylic acids is 1. The Morgan fingerprint density at radius 3 is 2.39 bits per heavy atom. The number of hydrogen-bond donors (Lipinski definition) is 1. The molecule has 210 valence electrons. The summed E-state index contributed by atoms with van der Waals surface area (Å²) in [5.74, 6) is -3.28. The molecule has 12 nitrogen and oxygen atoms in total. The Bertz CT molecular complexity index is 1840. The average molecular weight is 584 g/mol. The third-order valence-corrected chi connectivity index (χ3v) is 8.32. The van der Waals surface area contributed by atoms with Crippen LogP contribution in [0.1, 0.15) is 26.5 Å². The summed E-state index contributed by atoms with van der Waals surface area (Å²) < 4.78 is 35.7. The van der Waals surface area contributed by atoms with Crippen molar-refractivity contribution in [2.45, 2.75) is 17.8 Å². The first-order valence-corrected chi connectivity index (χ1v) is 13.3. The van der Waals surface area contributed by atoms with E-state index in [-0.39, 0.29) is 65.0 Å². The Labute approximate surface area is 232 Å². The van der Waals surface area contributed by atoms with Crippen LogP contribution in [0.3, 0.4) is 0 Å². The molecule has 0 atom stereocenters. The number of amides is 1. The van der Waals surface area contributed by atoms with Gasteiger partial charge in [-0.05, 0) is 25.1 Å². The lowest BCUT2D eigenvalue weighted by atomic mass is 10.0. The third-order valence-electron chi connectivity index (χ3n) is 7.24. The van der Waals surface area contributed by atoms with Gasteiger partial charge in [-0.25, -0.2) is 13.6 Å². The minimum Gasteiger partial charge on any atom is -0.477 e. The Kier molecular flexibility index (Phi) is 6.25. The minimum atomic E-state index is -1.40. The van der Waals surface area contributed by atoms with Crippen molar-refractivity contribution < 1.29 is 32.9 Å². The molecule has 6 rings (SSSR count). The molecule has 4 heterocycles. The molecule has 0 spiro atoms. The van der Waals surface area contributed by atoms with E-state index >= 15 is 0 Å². The van der Waals surface area contributed by atoms with Gasteiger partial charge in [-0.1, -0.05) is 23.0 Å². The van der Waals surface area contributed by atoms with Gasteiger partial charge in [0.25, 0.3) is 11.6 Å². The van der Waals surface area contributed by atoms with Crippen LogP contribution in [0, 0.1) is 28.7 Å². The van der Waals surface area contributed by atoms with Gasteiger partial charge in [-0.2, -0.15) is 0 Å². The zero-order chi connectivity index (χ0) is 29.2. The molecule has 2 aliphatic rings. The van der Waals surface area contributed by atoms with E-state index < -0.39 is 45.0 Å². The first-order valence-electron chi connectivity index (χ1n) is 12.3. The highest BCUT2D eigenvalue weighted by atomic mass is 32.2. The summed E-state index contributed by atoms with van der Waals surface area (Å²) in [6, 6.07) is 5.90. The molecular formula is C26H19F2N5O7S. The SMILES string of the molecule is Cc1onc(-c2c(F)cccc2F)c1C(=O)N1CCN(c2cc3c(cc2[N+](=O)[O-])c(=O)c(C(=O)O)c2n3CS2)CC1. The third kappa shape index (κ3) is 4.11. The highest BCUT2D eigenvalue weighted by Gasteiger charge is 2.34. The van der Waals surface area contributed by atoms with Crippen LogP contribution in [-0.2, 0) is 5.88 Å². The van der Waals surface area contributed by atoms with Crippen molar-refractivity contribution in [1.29, 1.82) is 0 Å². The number of hydrogen-bond acceptors (Lipinski definition) is 9. The maximum atomic E-state index is 14.5. The number of halogens is 2. The van der Waals surface area contributed by atoms with Crippen LogP contribution in [0.25, 0.3) is 22.2 Å². The van der Waals surface area contributed by atoms with Crippen molar-refractivity contribution in [2.75, 3.05) is 31.1 Å². The molecule has 1 saturated heterocycles. The van der Waals surface area contributed by atoms with Gasteiger partial charge < -0.3 is 24.0 Å². The van der Waals surface area contributed by atoms with Gasteiger partial charge in [0.05, 0.1) is 32.3 Å². The molecule has 4 aromatic rings. The predicted octanol–water partition coefficient (Wildman–Crippen LogP) is 3.88. The van der Waals surface area contributed by atoms with Crippen LogP contribution in [0.2, 0.25) is 0 Å². The van der Waals surface area contributed by atoms with E-state index in [0.717, 1.165) is 18.2 Å². The summed E-state index contributed by atoms with van der Waals surface area (Å²) in [4.78, 5) is 52.6. The van der Waals surface area contributed by atoms with Crippen LogP contribution in [-0.4, -0.2) is 62.7 Å². The number of carbonyl (C=O) groups excluding carboxylic acids is 1. The maximum Gasteiger partial charge on any atom is 0.342 e. The number of aromatic nitrogens is 2. The smallest absolute Gasteiger partial charge is 0.342 e. The zero-order valence-corrected chi connectivity index (χ0v) is 22.0. The Morgan fingerprint density at radius 1 is 1.12 bits per heavy atom. The van der Waals surface area contributed by atoms with Crippen molar-refractivity contribution in [3.63, 3.8) is 0 Å². The molecule has 2 aliphatic heterocycles. The number of pyridine rings is 1. The molecule has 2 aromatic carbocycles. The minimum absolute atomic E-state index is 0.0634. The average Bonchev–Trinajstić information content (AvgIpc) is 3.29. The number of nitro groups is 1. The highest BCUT2D eigenvalue weighted by molar-refractivity contribution is 7.99. The summed E-state index contributed by atoms with van der Waals surface area (Å²) in [7, 11) is 0. The van der Waals surface area contributed by atoms with Gasteiger partial charge in [-0.15, -0.1) is 0 Å². The second-order valence-electron chi connectivity index (χ2n) is 9.47. The first-order chi connectivity index (χ1) is 19.6. The van der Waals surface area contributed by atoms with Gasteiger partial charge in [-0.3, -0.25) is 19.7 Å². The molecule has 15 heteroatoms. The number of fused-ring (bicyclic) bond motifs is 3. The lowest BCUT2D eigenvalue weighted by molar-refractivity contribution is -0.384. The van der Waals surface area contributed by atoms with Crippen LogP contribution < -0.4 is 10.3 Å². The standard InChI is InChI=1S/C26H19F2N5O7S/c1-12-19(22(29-40-12)20-14(27)3-2-4-15(20)28)24(35)31-7-5-30(6-8-31)17-10-16-13(9-18(17)33(38)39)23(34)21(26(36)37)25-32(16)11-41-25/h2-4,9-10H,5-8,11H2,1H3,(H,36,37). The van der Waals surface area contributed by atoms with Gasteiger partial charge in [0.2, 0.25) is 5.43 Å². The number of nitro benzene ring substituents is 1. The Morgan fingerprint density at radius 2 is 1.80 bits per heavy atom. The molecule has 0 bridgehead atoms. The number of carboxylic acids is 1. The Balaban J connectivity index is 1.32. The number of anilines is 1. The molecule has 0 unspecified atom stereocenters. The van der Waals surface area contributed by atoms with Crippen molar-refractivity contribution >= 4 is 45.9 Å². The number of carboxylic acid groups (broad SMARTS) is 1. The molecule has 41 heavy (non-hydrogen) atoms. The molecule has 1 fully saturated rings. The zero-order valence-electron chi connectivity index (χ0n) is 21.2. The molecule has 0 aliphatic carbocycles. The lowest BCUT2D eigenvalue weighted by Crippen LogP contribution is -2.49. The summed E-state index contributed by atoms with van der Waals surface area (Å²) >= 11 is 1.20. The number of benzene rings is 2. The van der Waals surface area contributed by atoms with E-state index in [1.54, 1.807) is 9.47 Å². The molecule has 0 saturated carbocycles. The van der Waals surface area contributed by atoms with Crippen LogP contribution >= 0.6 is 11.8 Å². The van der Waals surface area contributed by atoms with Gasteiger partial charge >= 0.3 is 5.97 Å². The summed E-state index contributed by atoms with van der Waals surface area (Å²) in [6.45, 7) is 2.03. The number of carbonyl (C=O) groups is 2. The van der Waals surface area contributed by atoms with Gasteiger partial charge in [0.1, 0.15) is 39.9 Å². The lowest BCUT2D eigenvalue weighted by Gasteiger charge is -2.36. The summed E-state index contributed by atoms with van der Waals surface area (Å²) in [5.41, 5.74) is -1.78. The van der Waals surface area contributed by atoms with Crippen molar-refractivity contribution in [2.24, 2.45) is 0 Å². The molecule has 1 N–H and O–H groups in total. The van der Waals surface area contributed by atoms with E-state index in [1.165, 1.54) is 35.7 Å². The second-order valence-corrected chi connectivity index (χ2v) is 10.4. The fraction of sp³-hybridized carbons (Fsp3) is 0.231. The topological polar surface area (TPSA) is 152 Å². The van der Waals surface area contributed by atoms with E-state index in [1.807, 2.05) is 0 Å². The number of nitrogens with zero attached hydrogens (tertiary/aromatic N) is 5. The predicted molar refractivity (Wildman–Crippen MR) is 142 cm³/mol. The van der Waals surface area contributed by atoms with E-state index in [9.17, 15) is 38.4 Å². The maximum absolute atomic E-state index is 14.5. The fourth-order valence-corrected chi connectivity index (χ4v) is 6.15. The van der Waals surface area contributed by atoms with Gasteiger partial charge in [0, 0.05) is 32.2 Å².